The van der Waals surface area contributed by atoms with Crippen molar-refractivity contribution in [2.75, 3.05) is 30.9 Å². The fraction of sp³-hybridized carbons (Fsp3) is 0.421. The highest BCUT2D eigenvalue weighted by Crippen LogP contribution is 2.27. The zero-order chi connectivity index (χ0) is 20.0. The van der Waals surface area contributed by atoms with E-state index in [9.17, 15) is 9.59 Å². The average Bonchev–Trinajstić information content (AvgIpc) is 3.01. The highest BCUT2D eigenvalue weighted by molar-refractivity contribution is 7.14. The number of alkyl carbamates (subject to hydrolysis) is 1. The lowest BCUT2D eigenvalue weighted by Gasteiger charge is -2.19. The van der Waals surface area contributed by atoms with E-state index in [1.54, 1.807) is 20.8 Å². The molecule has 1 heterocycles. The number of rotatable bonds is 6. The first kappa shape index (κ1) is 20.7. The number of thiazole rings is 1. The van der Waals surface area contributed by atoms with E-state index in [0.29, 0.717) is 5.13 Å². The summed E-state index contributed by atoms with van der Waals surface area (Å²) in [5.74, 6) is -0.214. The van der Waals surface area contributed by atoms with Crippen LogP contribution in [0.1, 0.15) is 27.2 Å². The number of aromatic nitrogens is 1. The van der Waals surface area contributed by atoms with Gasteiger partial charge < -0.3 is 20.3 Å². The van der Waals surface area contributed by atoms with Crippen molar-refractivity contribution in [3.05, 3.63) is 29.6 Å². The molecule has 0 saturated carbocycles. The fourth-order valence-corrected chi connectivity index (χ4v) is 2.92. The molecule has 27 heavy (non-hydrogen) atoms. The van der Waals surface area contributed by atoms with Crippen molar-refractivity contribution < 1.29 is 14.3 Å². The molecule has 0 spiro atoms. The normalized spacial score (nSPS) is 11.0. The Labute approximate surface area is 163 Å². The number of carbonyl (C=O) groups is 2. The van der Waals surface area contributed by atoms with Gasteiger partial charge in [-0.05, 0) is 32.9 Å². The van der Waals surface area contributed by atoms with Gasteiger partial charge in [0.05, 0.1) is 5.69 Å². The SMILES string of the molecule is CN(C)c1cccc(-c2csc(NC(=O)CCNC(=O)OC(C)(C)C)n2)c1. The zero-order valence-electron chi connectivity index (χ0n) is 16.3. The molecule has 1 aromatic heterocycles. The number of carbonyl (C=O) groups excluding carboxylic acids is 2. The summed E-state index contributed by atoms with van der Waals surface area (Å²) in [6.07, 6.45) is -0.391. The van der Waals surface area contributed by atoms with E-state index in [0.717, 1.165) is 16.9 Å². The predicted octanol–water partition coefficient (Wildman–Crippen LogP) is 3.73. The lowest BCUT2D eigenvalue weighted by Crippen LogP contribution is -2.34. The van der Waals surface area contributed by atoms with E-state index < -0.39 is 11.7 Å². The topological polar surface area (TPSA) is 83.6 Å². The molecule has 7 nitrogen and oxygen atoms in total. The summed E-state index contributed by atoms with van der Waals surface area (Å²) in [7, 11) is 3.97. The predicted molar refractivity (Wildman–Crippen MR) is 109 cm³/mol. The molecule has 0 aliphatic rings. The summed E-state index contributed by atoms with van der Waals surface area (Å²) in [5, 5.41) is 7.75. The van der Waals surface area contributed by atoms with Gasteiger partial charge in [-0.15, -0.1) is 11.3 Å². The Hall–Kier alpha value is -2.61. The third-order valence-electron chi connectivity index (χ3n) is 3.43. The Morgan fingerprint density at radius 2 is 2.00 bits per heavy atom. The van der Waals surface area contributed by atoms with Crippen LogP contribution in [0.2, 0.25) is 0 Å². The highest BCUT2D eigenvalue weighted by atomic mass is 32.1. The quantitative estimate of drug-likeness (QED) is 0.785. The summed E-state index contributed by atoms with van der Waals surface area (Å²) in [5.41, 5.74) is 2.32. The number of hydrogen-bond acceptors (Lipinski definition) is 6. The lowest BCUT2D eigenvalue weighted by atomic mass is 10.1. The van der Waals surface area contributed by atoms with E-state index in [1.807, 2.05) is 48.6 Å². The van der Waals surface area contributed by atoms with Crippen molar-refractivity contribution in [1.29, 1.82) is 0 Å². The molecule has 0 atom stereocenters. The van der Waals surface area contributed by atoms with E-state index >= 15 is 0 Å². The number of amides is 2. The first-order valence-corrected chi connectivity index (χ1v) is 9.52. The molecule has 0 fully saturated rings. The average molecular weight is 391 g/mol. The van der Waals surface area contributed by atoms with Gasteiger partial charge in [0.2, 0.25) is 5.91 Å². The third kappa shape index (κ3) is 6.90. The molecule has 2 aromatic rings. The molecule has 0 bridgehead atoms. The van der Waals surface area contributed by atoms with E-state index in [1.165, 1.54) is 11.3 Å². The van der Waals surface area contributed by atoms with Gasteiger partial charge in [-0.2, -0.15) is 0 Å². The molecule has 0 saturated heterocycles. The number of nitrogens with one attached hydrogen (secondary N) is 2. The van der Waals surface area contributed by atoms with E-state index in [4.69, 9.17) is 4.74 Å². The molecule has 0 aliphatic carbocycles. The second kappa shape index (κ2) is 8.85. The van der Waals surface area contributed by atoms with Crippen LogP contribution >= 0.6 is 11.3 Å². The van der Waals surface area contributed by atoms with Gasteiger partial charge >= 0.3 is 6.09 Å². The van der Waals surface area contributed by atoms with Crippen LogP contribution in [-0.4, -0.2) is 43.2 Å². The molecule has 8 heteroatoms. The summed E-state index contributed by atoms with van der Waals surface area (Å²) in [6.45, 7) is 5.55. The van der Waals surface area contributed by atoms with Crippen LogP contribution in [0.3, 0.4) is 0 Å². The minimum atomic E-state index is -0.562. The molecular formula is C19H26N4O3S. The minimum Gasteiger partial charge on any atom is -0.444 e. The van der Waals surface area contributed by atoms with Crippen molar-refractivity contribution in [3.8, 4) is 11.3 Å². The third-order valence-corrected chi connectivity index (χ3v) is 4.19. The van der Waals surface area contributed by atoms with Crippen LogP contribution in [-0.2, 0) is 9.53 Å². The number of anilines is 2. The number of benzene rings is 1. The standard InChI is InChI=1S/C19H26N4O3S/c1-19(2,3)26-18(25)20-10-9-16(24)22-17-21-15(12-27-17)13-7-6-8-14(11-13)23(4)5/h6-8,11-12H,9-10H2,1-5H3,(H,20,25)(H,21,22,24). The summed E-state index contributed by atoms with van der Waals surface area (Å²) in [4.78, 5) is 30.1. The Balaban J connectivity index is 1.86. The van der Waals surface area contributed by atoms with Gasteiger partial charge in [-0.3, -0.25) is 4.79 Å². The number of nitrogens with zero attached hydrogens (tertiary/aromatic N) is 2. The van der Waals surface area contributed by atoms with Crippen LogP contribution in [0.5, 0.6) is 0 Å². The lowest BCUT2D eigenvalue weighted by molar-refractivity contribution is -0.116. The maximum Gasteiger partial charge on any atom is 0.407 e. The summed E-state index contributed by atoms with van der Waals surface area (Å²) in [6, 6.07) is 8.03. The zero-order valence-corrected chi connectivity index (χ0v) is 17.1. The Morgan fingerprint density at radius 1 is 1.26 bits per heavy atom. The molecule has 0 radical (unpaired) electrons. The van der Waals surface area contributed by atoms with Crippen LogP contribution < -0.4 is 15.5 Å². The van der Waals surface area contributed by atoms with Gasteiger partial charge in [0, 0.05) is 43.7 Å². The molecule has 0 aliphatic heterocycles. The molecule has 0 unspecified atom stereocenters. The van der Waals surface area contributed by atoms with Gasteiger partial charge in [-0.25, -0.2) is 9.78 Å². The Bertz CT molecular complexity index is 796. The second-order valence-corrected chi connectivity index (χ2v) is 8.07. The Kier molecular flexibility index (Phi) is 6.79. The fourth-order valence-electron chi connectivity index (χ4n) is 2.18. The van der Waals surface area contributed by atoms with Gasteiger partial charge in [0.1, 0.15) is 5.60 Å². The van der Waals surface area contributed by atoms with Crippen molar-refractivity contribution in [1.82, 2.24) is 10.3 Å². The minimum absolute atomic E-state index is 0.143. The van der Waals surface area contributed by atoms with Gasteiger partial charge in [-0.1, -0.05) is 12.1 Å². The first-order valence-electron chi connectivity index (χ1n) is 8.64. The van der Waals surface area contributed by atoms with Crippen molar-refractivity contribution in [2.24, 2.45) is 0 Å². The van der Waals surface area contributed by atoms with Gasteiger partial charge in [0.25, 0.3) is 0 Å². The number of hydrogen-bond donors (Lipinski definition) is 2. The molecule has 146 valence electrons. The van der Waals surface area contributed by atoms with Crippen LogP contribution in [0, 0.1) is 0 Å². The van der Waals surface area contributed by atoms with Crippen LogP contribution in [0.25, 0.3) is 11.3 Å². The van der Waals surface area contributed by atoms with Gasteiger partial charge in [0.15, 0.2) is 5.13 Å². The van der Waals surface area contributed by atoms with Crippen LogP contribution in [0.15, 0.2) is 29.6 Å². The molecule has 2 amide bonds. The van der Waals surface area contributed by atoms with E-state index in [-0.39, 0.29) is 18.9 Å². The Morgan fingerprint density at radius 3 is 2.67 bits per heavy atom. The molecule has 2 N–H and O–H groups in total. The van der Waals surface area contributed by atoms with Crippen molar-refractivity contribution >= 4 is 34.2 Å². The van der Waals surface area contributed by atoms with Crippen molar-refractivity contribution in [2.45, 2.75) is 32.8 Å². The number of ether oxygens (including phenoxy) is 1. The maximum absolute atomic E-state index is 12.0. The first-order chi connectivity index (χ1) is 12.6. The van der Waals surface area contributed by atoms with Crippen LogP contribution in [0.4, 0.5) is 15.6 Å². The molecular weight excluding hydrogens is 364 g/mol. The molecule has 2 rings (SSSR count). The molecule has 1 aromatic carbocycles. The summed E-state index contributed by atoms with van der Waals surface area (Å²) < 4.78 is 5.12. The largest absolute Gasteiger partial charge is 0.444 e. The van der Waals surface area contributed by atoms with Crippen molar-refractivity contribution in [3.63, 3.8) is 0 Å². The second-order valence-electron chi connectivity index (χ2n) is 7.21. The maximum atomic E-state index is 12.0. The monoisotopic (exact) mass is 390 g/mol. The highest BCUT2D eigenvalue weighted by Gasteiger charge is 2.16. The van der Waals surface area contributed by atoms with E-state index in [2.05, 4.69) is 15.6 Å². The smallest absolute Gasteiger partial charge is 0.407 e. The summed E-state index contributed by atoms with van der Waals surface area (Å²) >= 11 is 1.37.